The summed E-state index contributed by atoms with van der Waals surface area (Å²) in [5.74, 6) is -1.04. The van der Waals surface area contributed by atoms with Crippen molar-refractivity contribution >= 4 is 29.0 Å². The zero-order valence-electron chi connectivity index (χ0n) is 7.87. The molecule has 0 bridgehead atoms. The number of halogens is 1. The third kappa shape index (κ3) is 1.52. The Labute approximate surface area is 91.6 Å². The number of carbonyl (C=O) groups excluding carboxylic acids is 2. The molecule has 0 unspecified atom stereocenters. The van der Waals surface area contributed by atoms with E-state index in [4.69, 9.17) is 17.3 Å². The van der Waals surface area contributed by atoms with Crippen LogP contribution in [0, 0.1) is 0 Å². The molecule has 4 nitrogen and oxygen atoms in total. The van der Waals surface area contributed by atoms with Gasteiger partial charge in [0, 0.05) is 18.1 Å². The van der Waals surface area contributed by atoms with Gasteiger partial charge in [0.2, 0.25) is 0 Å². The van der Waals surface area contributed by atoms with Crippen LogP contribution in [0.2, 0.25) is 5.02 Å². The molecule has 78 valence electrons. The van der Waals surface area contributed by atoms with E-state index in [9.17, 15) is 9.59 Å². The Morgan fingerprint density at radius 2 is 2.07 bits per heavy atom. The molecule has 2 N–H and O–H groups in total. The van der Waals surface area contributed by atoms with Crippen molar-refractivity contribution < 1.29 is 9.59 Å². The average molecular weight is 225 g/mol. The molecule has 1 aliphatic heterocycles. The molecule has 1 heterocycles. The van der Waals surface area contributed by atoms with E-state index in [2.05, 4.69) is 0 Å². The molecule has 0 fully saturated rings. The number of rotatable bonds is 2. The van der Waals surface area contributed by atoms with Crippen LogP contribution in [-0.4, -0.2) is 24.8 Å². The topological polar surface area (TPSA) is 63.4 Å². The maximum atomic E-state index is 11.5. The van der Waals surface area contributed by atoms with Crippen LogP contribution in [0.1, 0.15) is 10.4 Å². The fraction of sp³-hybridized carbons (Fsp3) is 0.200. The number of benzene rings is 1. The lowest BCUT2D eigenvalue weighted by Crippen LogP contribution is -2.34. The molecule has 5 heteroatoms. The number of hydrogen-bond donors (Lipinski definition) is 1. The molecule has 2 rings (SSSR count). The van der Waals surface area contributed by atoms with Crippen molar-refractivity contribution in [3.63, 3.8) is 0 Å². The smallest absolute Gasteiger partial charge is 0.299 e. The standard InChI is InChI=1S/C10H9ClN2O2/c11-6-1-2-8-7(5-6)9(14)10(15)13(8)4-3-12/h1-2,5H,3-4,12H2. The summed E-state index contributed by atoms with van der Waals surface area (Å²) in [6.07, 6.45) is 0. The highest BCUT2D eigenvalue weighted by Gasteiger charge is 2.35. The first-order valence-corrected chi connectivity index (χ1v) is 4.88. The normalized spacial score (nSPS) is 14.7. The van der Waals surface area contributed by atoms with E-state index in [0.717, 1.165) is 0 Å². The van der Waals surface area contributed by atoms with Crippen LogP contribution in [0.3, 0.4) is 0 Å². The molecular formula is C10H9ClN2O2. The molecule has 0 atom stereocenters. The van der Waals surface area contributed by atoms with E-state index < -0.39 is 11.7 Å². The van der Waals surface area contributed by atoms with Gasteiger partial charge in [0.05, 0.1) is 11.3 Å². The molecule has 0 saturated heterocycles. The van der Waals surface area contributed by atoms with E-state index in [0.29, 0.717) is 29.4 Å². The third-order valence-electron chi connectivity index (χ3n) is 2.29. The minimum absolute atomic E-state index is 0.321. The summed E-state index contributed by atoms with van der Waals surface area (Å²) in [6.45, 7) is 0.667. The SMILES string of the molecule is NCCN1C(=O)C(=O)c2cc(Cl)ccc21. The van der Waals surface area contributed by atoms with Crippen molar-refractivity contribution in [3.8, 4) is 0 Å². The number of hydrogen-bond acceptors (Lipinski definition) is 3. The van der Waals surface area contributed by atoms with Gasteiger partial charge < -0.3 is 10.6 Å². The maximum absolute atomic E-state index is 11.5. The van der Waals surface area contributed by atoms with Gasteiger partial charge in [-0.1, -0.05) is 11.6 Å². The number of amides is 1. The molecule has 0 spiro atoms. The van der Waals surface area contributed by atoms with Gasteiger partial charge in [-0.25, -0.2) is 0 Å². The Morgan fingerprint density at radius 3 is 2.73 bits per heavy atom. The zero-order chi connectivity index (χ0) is 11.0. The average Bonchev–Trinajstić information content (AvgIpc) is 2.44. The fourth-order valence-electron chi connectivity index (χ4n) is 1.62. The predicted octanol–water partition coefficient (Wildman–Crippen LogP) is 0.828. The number of nitrogens with zero attached hydrogens (tertiary/aromatic N) is 1. The van der Waals surface area contributed by atoms with Crippen molar-refractivity contribution in [2.24, 2.45) is 5.73 Å². The zero-order valence-corrected chi connectivity index (χ0v) is 8.62. The van der Waals surface area contributed by atoms with Crippen LogP contribution in [0.5, 0.6) is 0 Å². The van der Waals surface area contributed by atoms with Crippen LogP contribution in [0.15, 0.2) is 18.2 Å². The molecule has 0 saturated carbocycles. The summed E-state index contributed by atoms with van der Waals surface area (Å²) in [4.78, 5) is 24.5. The highest BCUT2D eigenvalue weighted by Crippen LogP contribution is 2.30. The summed E-state index contributed by atoms with van der Waals surface area (Å²) in [5, 5.41) is 0.449. The second-order valence-corrected chi connectivity index (χ2v) is 3.67. The van der Waals surface area contributed by atoms with Crippen LogP contribution in [0.25, 0.3) is 0 Å². The molecule has 0 aliphatic carbocycles. The van der Waals surface area contributed by atoms with Crippen LogP contribution < -0.4 is 10.6 Å². The van der Waals surface area contributed by atoms with Crippen LogP contribution in [0.4, 0.5) is 5.69 Å². The highest BCUT2D eigenvalue weighted by atomic mass is 35.5. The molecule has 0 radical (unpaired) electrons. The number of ketones is 1. The second kappa shape index (κ2) is 3.64. The summed E-state index contributed by atoms with van der Waals surface area (Å²) >= 11 is 5.75. The quantitative estimate of drug-likeness (QED) is 0.757. The number of nitrogens with two attached hydrogens (primary N) is 1. The predicted molar refractivity (Wildman–Crippen MR) is 57.2 cm³/mol. The van der Waals surface area contributed by atoms with Gasteiger partial charge in [-0.05, 0) is 18.2 Å². The third-order valence-corrected chi connectivity index (χ3v) is 2.52. The van der Waals surface area contributed by atoms with Crippen molar-refractivity contribution in [1.29, 1.82) is 0 Å². The molecular weight excluding hydrogens is 216 g/mol. The van der Waals surface area contributed by atoms with Gasteiger partial charge in [0.1, 0.15) is 0 Å². The van der Waals surface area contributed by atoms with Crippen molar-refractivity contribution in [3.05, 3.63) is 28.8 Å². The Hall–Kier alpha value is -1.39. The van der Waals surface area contributed by atoms with Crippen LogP contribution >= 0.6 is 11.6 Å². The van der Waals surface area contributed by atoms with Gasteiger partial charge in [0.25, 0.3) is 11.7 Å². The van der Waals surface area contributed by atoms with Gasteiger partial charge in [-0.3, -0.25) is 9.59 Å². The largest absolute Gasteiger partial charge is 0.329 e. The summed E-state index contributed by atoms with van der Waals surface area (Å²) in [7, 11) is 0. The van der Waals surface area contributed by atoms with Gasteiger partial charge >= 0.3 is 0 Å². The summed E-state index contributed by atoms with van der Waals surface area (Å²) < 4.78 is 0. The van der Waals surface area contributed by atoms with Crippen molar-refractivity contribution in [1.82, 2.24) is 0 Å². The number of fused-ring (bicyclic) bond motifs is 1. The molecule has 1 aromatic carbocycles. The molecule has 1 amide bonds. The van der Waals surface area contributed by atoms with Crippen molar-refractivity contribution in [2.45, 2.75) is 0 Å². The van der Waals surface area contributed by atoms with Crippen molar-refractivity contribution in [2.75, 3.05) is 18.0 Å². The van der Waals surface area contributed by atoms with E-state index in [1.54, 1.807) is 12.1 Å². The van der Waals surface area contributed by atoms with E-state index in [-0.39, 0.29) is 0 Å². The lowest BCUT2D eigenvalue weighted by molar-refractivity contribution is -0.114. The number of carbonyl (C=O) groups is 2. The molecule has 15 heavy (non-hydrogen) atoms. The summed E-state index contributed by atoms with van der Waals surface area (Å²) in [5.41, 5.74) is 6.33. The van der Waals surface area contributed by atoms with Gasteiger partial charge in [-0.2, -0.15) is 0 Å². The molecule has 0 aromatic heterocycles. The fourth-order valence-corrected chi connectivity index (χ4v) is 1.80. The highest BCUT2D eigenvalue weighted by molar-refractivity contribution is 6.52. The summed E-state index contributed by atoms with van der Waals surface area (Å²) in [6, 6.07) is 4.82. The lowest BCUT2D eigenvalue weighted by Gasteiger charge is -2.14. The van der Waals surface area contributed by atoms with E-state index >= 15 is 0 Å². The Kier molecular flexibility index (Phi) is 2.46. The number of anilines is 1. The Balaban J connectivity index is 2.50. The van der Waals surface area contributed by atoms with E-state index in [1.807, 2.05) is 0 Å². The minimum Gasteiger partial charge on any atom is -0.329 e. The Morgan fingerprint density at radius 1 is 1.33 bits per heavy atom. The monoisotopic (exact) mass is 224 g/mol. The van der Waals surface area contributed by atoms with Gasteiger partial charge in [0.15, 0.2) is 0 Å². The van der Waals surface area contributed by atoms with Gasteiger partial charge in [-0.15, -0.1) is 0 Å². The maximum Gasteiger partial charge on any atom is 0.299 e. The molecule has 1 aromatic rings. The van der Waals surface area contributed by atoms with E-state index in [1.165, 1.54) is 11.0 Å². The number of Topliss-reactive ketones (excluding diaryl/α,β-unsaturated/α-hetero) is 1. The molecule has 1 aliphatic rings. The lowest BCUT2D eigenvalue weighted by atomic mass is 10.1. The second-order valence-electron chi connectivity index (χ2n) is 3.24. The first kappa shape index (κ1) is 10.1. The first-order chi connectivity index (χ1) is 7.15. The Bertz CT molecular complexity index is 445. The minimum atomic E-state index is -0.530. The van der Waals surface area contributed by atoms with Crippen LogP contribution in [-0.2, 0) is 4.79 Å². The first-order valence-electron chi connectivity index (χ1n) is 4.51.